The van der Waals surface area contributed by atoms with Crippen LogP contribution in [0.3, 0.4) is 0 Å². The molecule has 8 heteroatoms. The van der Waals surface area contributed by atoms with Crippen molar-refractivity contribution in [1.29, 1.82) is 0 Å². The number of fused-ring (bicyclic) bond motifs is 3. The molecule has 0 spiro atoms. The number of benzene rings is 1. The number of anilines is 1. The van der Waals surface area contributed by atoms with Crippen molar-refractivity contribution >= 4 is 28.8 Å². The van der Waals surface area contributed by atoms with E-state index in [0.29, 0.717) is 32.1 Å². The van der Waals surface area contributed by atoms with Crippen molar-refractivity contribution in [3.63, 3.8) is 0 Å². The minimum atomic E-state index is 0.0309. The molecule has 2 amide bonds. The van der Waals surface area contributed by atoms with Crippen LogP contribution in [0.15, 0.2) is 54.0 Å². The summed E-state index contributed by atoms with van der Waals surface area (Å²) in [6, 6.07) is 14.6. The number of aromatic nitrogens is 2. The molecular weight excluding hydrogens is 470 g/mol. The van der Waals surface area contributed by atoms with Crippen LogP contribution < -0.4 is 4.90 Å². The van der Waals surface area contributed by atoms with E-state index in [9.17, 15) is 9.59 Å². The van der Waals surface area contributed by atoms with Crippen molar-refractivity contribution < 1.29 is 9.59 Å². The lowest BCUT2D eigenvalue weighted by molar-refractivity contribution is -0.132. The highest BCUT2D eigenvalue weighted by atomic mass is 32.1. The summed E-state index contributed by atoms with van der Waals surface area (Å²) in [5.74, 6) is 0.105. The highest BCUT2D eigenvalue weighted by molar-refractivity contribution is 7.09. The maximum absolute atomic E-state index is 13.7. The third-order valence-corrected chi connectivity index (χ3v) is 8.16. The van der Waals surface area contributed by atoms with Gasteiger partial charge in [0.25, 0.3) is 0 Å². The number of pyridine rings is 1. The predicted octanol–water partition coefficient (Wildman–Crippen LogP) is 4.21. The third kappa shape index (κ3) is 5.50. The van der Waals surface area contributed by atoms with Gasteiger partial charge in [0.15, 0.2) is 0 Å². The van der Waals surface area contributed by atoms with E-state index < -0.39 is 0 Å². The molecule has 0 aliphatic carbocycles. The summed E-state index contributed by atoms with van der Waals surface area (Å²) in [6.07, 6.45) is 5.10. The summed E-state index contributed by atoms with van der Waals surface area (Å²) in [6.45, 7) is 6.13. The van der Waals surface area contributed by atoms with E-state index in [1.807, 2.05) is 64.7 Å². The lowest BCUT2D eigenvalue weighted by atomic mass is 10.1. The quantitative estimate of drug-likeness (QED) is 0.534. The maximum atomic E-state index is 13.7. The van der Waals surface area contributed by atoms with Crippen LogP contribution in [0.5, 0.6) is 0 Å². The Morgan fingerprint density at radius 2 is 1.83 bits per heavy atom. The summed E-state index contributed by atoms with van der Waals surface area (Å²) in [4.78, 5) is 41.9. The van der Waals surface area contributed by atoms with Gasteiger partial charge in [-0.05, 0) is 49.9 Å². The highest BCUT2D eigenvalue weighted by Gasteiger charge is 2.37. The minimum absolute atomic E-state index is 0.0309. The van der Waals surface area contributed by atoms with Crippen LogP contribution in [0.4, 0.5) is 5.69 Å². The molecule has 36 heavy (non-hydrogen) atoms. The van der Waals surface area contributed by atoms with Crippen LogP contribution in [0.2, 0.25) is 0 Å². The van der Waals surface area contributed by atoms with Crippen LogP contribution in [-0.4, -0.2) is 56.8 Å². The lowest BCUT2D eigenvalue weighted by Crippen LogP contribution is -2.45. The Kier molecular flexibility index (Phi) is 7.43. The molecule has 1 fully saturated rings. The Morgan fingerprint density at radius 3 is 2.58 bits per heavy atom. The van der Waals surface area contributed by atoms with Crippen molar-refractivity contribution in [3.05, 3.63) is 76.0 Å². The number of rotatable bonds is 4. The van der Waals surface area contributed by atoms with Gasteiger partial charge in [0, 0.05) is 62.5 Å². The van der Waals surface area contributed by atoms with Crippen LogP contribution in [0.1, 0.15) is 48.1 Å². The number of hydrogen-bond acceptors (Lipinski definition) is 6. The first-order valence-corrected chi connectivity index (χ1v) is 13.6. The van der Waals surface area contributed by atoms with Gasteiger partial charge in [-0.25, -0.2) is 4.98 Å². The van der Waals surface area contributed by atoms with Gasteiger partial charge in [0.05, 0.1) is 22.8 Å². The number of hydrogen-bond donors (Lipinski definition) is 0. The summed E-state index contributed by atoms with van der Waals surface area (Å²) in [5.41, 5.74) is 3.77. The molecule has 2 aliphatic heterocycles. The largest absolute Gasteiger partial charge is 0.336 e. The van der Waals surface area contributed by atoms with Gasteiger partial charge in [0.2, 0.25) is 11.8 Å². The number of aryl methyl sites for hydroxylation is 1. The van der Waals surface area contributed by atoms with Gasteiger partial charge in [-0.15, -0.1) is 11.3 Å². The van der Waals surface area contributed by atoms with Gasteiger partial charge in [-0.3, -0.25) is 19.5 Å². The molecule has 2 atom stereocenters. The summed E-state index contributed by atoms with van der Waals surface area (Å²) >= 11 is 1.57. The van der Waals surface area contributed by atoms with Gasteiger partial charge in [-0.2, -0.15) is 0 Å². The predicted molar refractivity (Wildman–Crippen MR) is 142 cm³/mol. The average Bonchev–Trinajstić information content (AvgIpc) is 3.44. The zero-order chi connectivity index (χ0) is 25.1. The highest BCUT2D eigenvalue weighted by Crippen LogP contribution is 2.32. The van der Waals surface area contributed by atoms with E-state index in [-0.39, 0.29) is 17.9 Å². The molecule has 5 rings (SSSR count). The van der Waals surface area contributed by atoms with Crippen molar-refractivity contribution in [2.75, 3.05) is 18.0 Å². The molecule has 0 saturated carbocycles. The zero-order valence-corrected chi connectivity index (χ0v) is 21.8. The molecule has 188 valence electrons. The number of para-hydroxylation sites is 1. The molecule has 1 aromatic carbocycles. The normalized spacial score (nSPS) is 20.6. The van der Waals surface area contributed by atoms with Crippen LogP contribution in [-0.2, 0) is 29.1 Å². The van der Waals surface area contributed by atoms with Crippen molar-refractivity contribution in [2.24, 2.45) is 0 Å². The van der Waals surface area contributed by atoms with Crippen molar-refractivity contribution in [1.82, 2.24) is 19.8 Å². The van der Waals surface area contributed by atoms with Crippen molar-refractivity contribution in [3.8, 4) is 0 Å². The Hall–Kier alpha value is -3.10. The molecule has 2 aromatic heterocycles. The van der Waals surface area contributed by atoms with E-state index in [1.54, 1.807) is 18.3 Å². The lowest BCUT2D eigenvalue weighted by Gasteiger charge is -2.33. The molecule has 0 unspecified atom stereocenters. The first kappa shape index (κ1) is 24.6. The second-order valence-electron chi connectivity index (χ2n) is 9.78. The standard InChI is InChI=1S/C28H33N5O2S/c1-20-30-24(19-36-20)15-28(35)31-16-22-7-3-4-9-27(22)32(21(2)34)14-12-25-10-11-26(18-31)33(25)17-23-8-5-6-13-29-23/h3-9,13,19,25-26H,10-12,14-18H2,1-2H3/t25-,26+/m0/s1. The van der Waals surface area contributed by atoms with E-state index in [4.69, 9.17) is 0 Å². The number of thiazole rings is 1. The SMILES string of the molecule is CC(=O)N1CC[C@@H]2CC[C@H](CN(C(=O)Cc3csc(C)n3)Cc3ccccc31)N2Cc1ccccn1. The third-order valence-electron chi connectivity index (χ3n) is 7.33. The Labute approximate surface area is 216 Å². The maximum Gasteiger partial charge on any atom is 0.228 e. The zero-order valence-electron chi connectivity index (χ0n) is 21.0. The second-order valence-corrected chi connectivity index (χ2v) is 10.8. The molecule has 2 bridgehead atoms. The molecule has 0 N–H and O–H groups in total. The monoisotopic (exact) mass is 503 g/mol. The van der Waals surface area contributed by atoms with Crippen LogP contribution >= 0.6 is 11.3 Å². The first-order chi connectivity index (χ1) is 17.5. The van der Waals surface area contributed by atoms with Gasteiger partial charge in [-0.1, -0.05) is 24.3 Å². The van der Waals surface area contributed by atoms with E-state index in [2.05, 4.69) is 20.9 Å². The van der Waals surface area contributed by atoms with Gasteiger partial charge < -0.3 is 9.80 Å². The van der Waals surface area contributed by atoms with Gasteiger partial charge >= 0.3 is 0 Å². The molecule has 7 nitrogen and oxygen atoms in total. The van der Waals surface area contributed by atoms with E-state index in [1.165, 1.54) is 0 Å². The Morgan fingerprint density at radius 1 is 1.03 bits per heavy atom. The van der Waals surface area contributed by atoms with Crippen molar-refractivity contribution in [2.45, 2.75) is 64.7 Å². The number of carbonyl (C=O) groups excluding carboxylic acids is 2. The average molecular weight is 504 g/mol. The molecule has 3 aromatic rings. The van der Waals surface area contributed by atoms with Crippen LogP contribution in [0.25, 0.3) is 0 Å². The number of nitrogens with zero attached hydrogens (tertiary/aromatic N) is 5. The Balaban J connectivity index is 1.49. The number of carbonyl (C=O) groups is 2. The van der Waals surface area contributed by atoms with Crippen LogP contribution in [0, 0.1) is 6.92 Å². The molecule has 0 radical (unpaired) electrons. The Bertz CT molecular complexity index is 1210. The summed E-state index contributed by atoms with van der Waals surface area (Å²) in [7, 11) is 0. The second kappa shape index (κ2) is 10.9. The fourth-order valence-corrected chi connectivity index (χ4v) is 6.17. The smallest absolute Gasteiger partial charge is 0.228 e. The fraction of sp³-hybridized carbons (Fsp3) is 0.429. The summed E-state index contributed by atoms with van der Waals surface area (Å²) < 4.78 is 0. The topological polar surface area (TPSA) is 69.6 Å². The fourth-order valence-electron chi connectivity index (χ4n) is 5.56. The minimum Gasteiger partial charge on any atom is -0.336 e. The molecular formula is C28H33N5O2S. The van der Waals surface area contributed by atoms with Gasteiger partial charge in [0.1, 0.15) is 0 Å². The van der Waals surface area contributed by atoms with E-state index in [0.717, 1.165) is 53.5 Å². The number of amides is 2. The molecule has 1 saturated heterocycles. The first-order valence-electron chi connectivity index (χ1n) is 12.7. The molecule has 4 heterocycles. The summed E-state index contributed by atoms with van der Waals surface area (Å²) in [5, 5.41) is 2.95. The molecule has 2 aliphatic rings. The van der Waals surface area contributed by atoms with E-state index >= 15 is 0 Å².